The van der Waals surface area contributed by atoms with Crippen LogP contribution in [0.25, 0.3) is 11.1 Å². The van der Waals surface area contributed by atoms with Gasteiger partial charge in [0.15, 0.2) is 16.4 Å². The molecule has 2 aliphatic rings. The quantitative estimate of drug-likeness (QED) is 0.325. The Morgan fingerprint density at radius 3 is 2.42 bits per heavy atom. The lowest BCUT2D eigenvalue weighted by molar-refractivity contribution is -0.158. The predicted octanol–water partition coefficient (Wildman–Crippen LogP) is 7.20. The zero-order chi connectivity index (χ0) is 28.9. The molecule has 0 aromatic heterocycles. The number of sulfone groups is 1. The molecule has 0 radical (unpaired) electrons. The van der Waals surface area contributed by atoms with Gasteiger partial charge in [0.25, 0.3) is 0 Å². The first-order valence-corrected chi connectivity index (χ1v) is 15.7. The Bertz CT molecular complexity index is 1440. The number of nitrogens with one attached hydrogen (secondary N) is 1. The summed E-state index contributed by atoms with van der Waals surface area (Å²) in [5, 5.41) is 3.26. The van der Waals surface area contributed by atoms with Gasteiger partial charge in [-0.15, -0.1) is 0 Å². The molecule has 2 aliphatic carbocycles. The summed E-state index contributed by atoms with van der Waals surface area (Å²) >= 11 is 0. The molecular formula is C33H41NO5S. The Morgan fingerprint density at radius 1 is 1.00 bits per heavy atom. The van der Waals surface area contributed by atoms with Crippen molar-refractivity contribution in [3.63, 3.8) is 0 Å². The van der Waals surface area contributed by atoms with Crippen molar-refractivity contribution in [1.29, 1.82) is 0 Å². The minimum absolute atomic E-state index is 0.148. The molecule has 0 atom stereocenters. The minimum Gasteiger partial charge on any atom is -0.486 e. The standard InChI is InChI=1S/C33H41NO5S/c1-23(2)24-11-8-12-25(19-24)26-13-9-14-27(20-26)40(36,37)22-34-30-17-7-6-15-29-28(30)16-10-18-31(29)38-21-32(35)39-33(3,4)5/h8-14,16,19-20,23,34H,6-7,15,17-18,21-22H2,1-5H3. The van der Waals surface area contributed by atoms with Crippen LogP contribution < -0.4 is 5.32 Å². The highest BCUT2D eigenvalue weighted by atomic mass is 32.2. The van der Waals surface area contributed by atoms with Crippen molar-refractivity contribution in [1.82, 2.24) is 5.32 Å². The molecule has 0 bridgehead atoms. The number of hydrogen-bond acceptors (Lipinski definition) is 6. The van der Waals surface area contributed by atoms with Gasteiger partial charge in [0.05, 0.1) is 4.90 Å². The predicted molar refractivity (Wildman–Crippen MR) is 159 cm³/mol. The van der Waals surface area contributed by atoms with Gasteiger partial charge < -0.3 is 14.8 Å². The molecular weight excluding hydrogens is 522 g/mol. The summed E-state index contributed by atoms with van der Waals surface area (Å²) in [6.07, 6.45) is 8.10. The van der Waals surface area contributed by atoms with Gasteiger partial charge in [-0.2, -0.15) is 0 Å². The molecule has 7 heteroatoms. The first kappa shape index (κ1) is 29.7. The zero-order valence-electron chi connectivity index (χ0n) is 24.3. The largest absolute Gasteiger partial charge is 0.486 e. The molecule has 40 heavy (non-hydrogen) atoms. The molecule has 0 fully saturated rings. The van der Waals surface area contributed by atoms with Crippen LogP contribution in [0.2, 0.25) is 0 Å². The molecule has 6 nitrogen and oxygen atoms in total. The molecule has 0 saturated heterocycles. The Labute approximate surface area is 239 Å². The Kier molecular flexibility index (Phi) is 9.24. The Hall–Kier alpha value is -3.32. The van der Waals surface area contributed by atoms with Crippen LogP contribution in [0.3, 0.4) is 0 Å². The number of ether oxygens (including phenoxy) is 2. The number of carbonyl (C=O) groups is 1. The van der Waals surface area contributed by atoms with Crippen molar-refractivity contribution in [3.8, 4) is 11.1 Å². The number of hydrogen-bond donors (Lipinski definition) is 1. The van der Waals surface area contributed by atoms with Gasteiger partial charge >= 0.3 is 5.97 Å². The lowest BCUT2D eigenvalue weighted by Crippen LogP contribution is -2.27. The van der Waals surface area contributed by atoms with Crippen molar-refractivity contribution in [3.05, 3.63) is 88.8 Å². The molecule has 2 aromatic carbocycles. The van der Waals surface area contributed by atoms with E-state index < -0.39 is 21.4 Å². The third-order valence-corrected chi connectivity index (χ3v) is 8.51. The van der Waals surface area contributed by atoms with Gasteiger partial charge in [0.1, 0.15) is 17.2 Å². The second-order valence-corrected chi connectivity index (χ2v) is 13.7. The highest BCUT2D eigenvalue weighted by molar-refractivity contribution is 7.91. The molecule has 0 spiro atoms. The van der Waals surface area contributed by atoms with Crippen LogP contribution in [-0.2, 0) is 24.1 Å². The summed E-state index contributed by atoms with van der Waals surface area (Å²) in [4.78, 5) is 12.5. The maximum absolute atomic E-state index is 13.4. The second kappa shape index (κ2) is 12.5. The van der Waals surface area contributed by atoms with Crippen LogP contribution in [0.5, 0.6) is 0 Å². The summed E-state index contributed by atoms with van der Waals surface area (Å²) in [6, 6.07) is 15.4. The fraction of sp³-hybridized carbons (Fsp3) is 0.424. The third kappa shape index (κ3) is 7.66. The van der Waals surface area contributed by atoms with Crippen LogP contribution in [0.15, 0.2) is 88.2 Å². The highest BCUT2D eigenvalue weighted by Gasteiger charge is 2.24. The number of fused-ring (bicyclic) bond motifs is 1. The van der Waals surface area contributed by atoms with Crippen LogP contribution >= 0.6 is 0 Å². The molecule has 4 rings (SSSR count). The molecule has 1 N–H and O–H groups in total. The topological polar surface area (TPSA) is 81.7 Å². The number of carbonyl (C=O) groups excluding carboxylic acids is 1. The fourth-order valence-corrected chi connectivity index (χ4v) is 6.13. The van der Waals surface area contributed by atoms with Crippen molar-refractivity contribution in [2.75, 3.05) is 12.5 Å². The van der Waals surface area contributed by atoms with E-state index in [1.54, 1.807) is 18.2 Å². The molecule has 0 saturated carbocycles. The number of rotatable bonds is 9. The summed E-state index contributed by atoms with van der Waals surface area (Å²) in [7, 11) is -3.60. The van der Waals surface area contributed by atoms with E-state index in [1.807, 2.05) is 51.1 Å². The fourth-order valence-electron chi connectivity index (χ4n) is 5.01. The van der Waals surface area contributed by atoms with E-state index >= 15 is 0 Å². The number of benzene rings is 2. The van der Waals surface area contributed by atoms with E-state index in [-0.39, 0.29) is 12.5 Å². The van der Waals surface area contributed by atoms with Crippen molar-refractivity contribution >= 4 is 15.8 Å². The first-order valence-electron chi connectivity index (χ1n) is 14.1. The summed E-state index contributed by atoms with van der Waals surface area (Å²) < 4.78 is 38.2. The average Bonchev–Trinajstić information content (AvgIpc) is 3.12. The number of esters is 1. The molecule has 0 heterocycles. The van der Waals surface area contributed by atoms with E-state index in [2.05, 4.69) is 31.3 Å². The van der Waals surface area contributed by atoms with Crippen molar-refractivity contribution < 1.29 is 22.7 Å². The lowest BCUT2D eigenvalue weighted by atomic mass is 9.94. The Morgan fingerprint density at radius 2 is 1.70 bits per heavy atom. The minimum atomic E-state index is -3.60. The van der Waals surface area contributed by atoms with Gasteiger partial charge in [0.2, 0.25) is 0 Å². The zero-order valence-corrected chi connectivity index (χ0v) is 25.1. The monoisotopic (exact) mass is 563 g/mol. The van der Waals surface area contributed by atoms with E-state index in [9.17, 15) is 13.2 Å². The maximum atomic E-state index is 13.4. The maximum Gasteiger partial charge on any atom is 0.344 e. The summed E-state index contributed by atoms with van der Waals surface area (Å²) in [6.45, 7) is 9.63. The van der Waals surface area contributed by atoms with Gasteiger partial charge in [-0.1, -0.05) is 62.4 Å². The van der Waals surface area contributed by atoms with E-state index in [4.69, 9.17) is 9.47 Å². The normalized spacial score (nSPS) is 16.1. The van der Waals surface area contributed by atoms with Crippen LogP contribution in [0.4, 0.5) is 0 Å². The third-order valence-electron chi connectivity index (χ3n) is 7.02. The average molecular weight is 564 g/mol. The van der Waals surface area contributed by atoms with Gasteiger partial charge in [0, 0.05) is 12.1 Å². The van der Waals surface area contributed by atoms with E-state index in [1.165, 1.54) is 5.56 Å². The molecule has 0 aliphatic heterocycles. The molecule has 2 aromatic rings. The van der Waals surface area contributed by atoms with Gasteiger partial charge in [-0.3, -0.25) is 0 Å². The van der Waals surface area contributed by atoms with Crippen LogP contribution in [0.1, 0.15) is 78.2 Å². The number of allylic oxidation sites excluding steroid dienone is 5. The van der Waals surface area contributed by atoms with Gasteiger partial charge in [-0.25, -0.2) is 13.2 Å². The summed E-state index contributed by atoms with van der Waals surface area (Å²) in [5.41, 5.74) is 5.43. The van der Waals surface area contributed by atoms with Gasteiger partial charge in [-0.05, 0) is 92.3 Å². The van der Waals surface area contributed by atoms with E-state index in [0.29, 0.717) is 17.2 Å². The Balaban J connectivity index is 1.52. The van der Waals surface area contributed by atoms with Crippen LogP contribution in [-0.4, -0.2) is 32.5 Å². The molecule has 0 unspecified atom stereocenters. The van der Waals surface area contributed by atoms with Crippen molar-refractivity contribution in [2.45, 2.75) is 83.1 Å². The summed E-state index contributed by atoms with van der Waals surface area (Å²) in [5.74, 6) is 0.540. The molecule has 214 valence electrons. The second-order valence-electron chi connectivity index (χ2n) is 11.7. The van der Waals surface area contributed by atoms with Crippen molar-refractivity contribution in [2.24, 2.45) is 0 Å². The highest BCUT2D eigenvalue weighted by Crippen LogP contribution is 2.35. The first-order chi connectivity index (χ1) is 18.9. The SMILES string of the molecule is CC(C)c1cccc(-c2cccc(S(=O)(=O)CNC3=C4C=CCC(OCC(=O)OC(C)(C)C)=C4CCCC3)c2)c1. The van der Waals surface area contributed by atoms with E-state index in [0.717, 1.165) is 59.4 Å². The lowest BCUT2D eigenvalue weighted by Gasteiger charge is -2.23. The van der Waals surface area contributed by atoms with Crippen LogP contribution in [0, 0.1) is 0 Å². The molecule has 0 amide bonds. The smallest absolute Gasteiger partial charge is 0.344 e.